The van der Waals surface area contributed by atoms with Gasteiger partial charge in [0.25, 0.3) is 0 Å². The van der Waals surface area contributed by atoms with Gasteiger partial charge in [-0.3, -0.25) is 9.69 Å². The fourth-order valence-electron chi connectivity index (χ4n) is 2.29. The zero-order chi connectivity index (χ0) is 14.5. The number of halogens is 1. The van der Waals surface area contributed by atoms with Crippen LogP contribution in [0.2, 0.25) is 5.02 Å². The Morgan fingerprint density at radius 3 is 2.80 bits per heavy atom. The van der Waals surface area contributed by atoms with Crippen molar-refractivity contribution in [1.29, 1.82) is 0 Å². The molecule has 0 unspecified atom stereocenters. The van der Waals surface area contributed by atoms with Crippen LogP contribution in [-0.4, -0.2) is 29.9 Å². The van der Waals surface area contributed by atoms with E-state index >= 15 is 0 Å². The van der Waals surface area contributed by atoms with Crippen LogP contribution in [0.1, 0.15) is 32.6 Å². The number of nitrogens with one attached hydrogen (secondary N) is 1. The zero-order valence-electron chi connectivity index (χ0n) is 11.9. The van der Waals surface area contributed by atoms with Crippen molar-refractivity contribution in [2.45, 2.75) is 38.6 Å². The normalized spacial score (nSPS) is 14.6. The number of carbonyl (C=O) groups is 1. The van der Waals surface area contributed by atoms with Crippen LogP contribution >= 0.6 is 11.6 Å². The molecule has 0 aliphatic heterocycles. The van der Waals surface area contributed by atoms with Crippen molar-refractivity contribution < 1.29 is 4.79 Å². The molecule has 4 nitrogen and oxygen atoms in total. The molecule has 0 atom stereocenters. The van der Waals surface area contributed by atoms with Gasteiger partial charge in [0.05, 0.1) is 10.7 Å². The van der Waals surface area contributed by atoms with Gasteiger partial charge in [0.15, 0.2) is 0 Å². The maximum atomic E-state index is 11.9. The summed E-state index contributed by atoms with van der Waals surface area (Å²) in [7, 11) is 0. The lowest BCUT2D eigenvalue weighted by Gasteiger charge is -2.20. The van der Waals surface area contributed by atoms with Gasteiger partial charge in [-0.15, -0.1) is 0 Å². The van der Waals surface area contributed by atoms with Gasteiger partial charge in [0.1, 0.15) is 0 Å². The first-order chi connectivity index (χ1) is 9.60. The highest BCUT2D eigenvalue weighted by Gasteiger charge is 2.28. The van der Waals surface area contributed by atoms with E-state index in [0.29, 0.717) is 28.9 Å². The Balaban J connectivity index is 1.80. The summed E-state index contributed by atoms with van der Waals surface area (Å²) in [6.07, 6.45) is 4.19. The molecule has 3 N–H and O–H groups in total. The molecule has 0 aromatic heterocycles. The number of hydrogen-bond acceptors (Lipinski definition) is 3. The van der Waals surface area contributed by atoms with Crippen LogP contribution in [0.4, 0.5) is 11.4 Å². The SMILES string of the molecule is CCCN(CCC(=O)Nc1ccc(Cl)c(N)c1)C1CC1. The summed E-state index contributed by atoms with van der Waals surface area (Å²) in [5, 5.41) is 3.37. The molecule has 1 aliphatic carbocycles. The first-order valence-corrected chi connectivity index (χ1v) is 7.57. The highest BCUT2D eigenvalue weighted by molar-refractivity contribution is 6.33. The highest BCUT2D eigenvalue weighted by atomic mass is 35.5. The number of nitrogens with two attached hydrogens (primary N) is 1. The fourth-order valence-corrected chi connectivity index (χ4v) is 2.41. The summed E-state index contributed by atoms with van der Waals surface area (Å²) in [6.45, 7) is 4.07. The Hall–Kier alpha value is -1.26. The molecule has 20 heavy (non-hydrogen) atoms. The molecule has 0 saturated heterocycles. The minimum atomic E-state index is 0.0217. The molecule has 0 spiro atoms. The van der Waals surface area contributed by atoms with Gasteiger partial charge in [0.2, 0.25) is 5.91 Å². The molecule has 1 fully saturated rings. The maximum absolute atomic E-state index is 11.9. The van der Waals surface area contributed by atoms with Gasteiger partial charge in [-0.2, -0.15) is 0 Å². The Kier molecular flexibility index (Phi) is 5.26. The smallest absolute Gasteiger partial charge is 0.225 e. The van der Waals surface area contributed by atoms with E-state index in [2.05, 4.69) is 17.1 Å². The van der Waals surface area contributed by atoms with Crippen molar-refractivity contribution in [2.24, 2.45) is 0 Å². The van der Waals surface area contributed by atoms with Gasteiger partial charge in [-0.25, -0.2) is 0 Å². The fraction of sp³-hybridized carbons (Fsp3) is 0.533. The van der Waals surface area contributed by atoms with Crippen LogP contribution in [-0.2, 0) is 4.79 Å². The second kappa shape index (κ2) is 6.95. The van der Waals surface area contributed by atoms with E-state index in [9.17, 15) is 4.79 Å². The first-order valence-electron chi connectivity index (χ1n) is 7.19. The number of carbonyl (C=O) groups excluding carboxylic acids is 1. The predicted molar refractivity (Wildman–Crippen MR) is 84.0 cm³/mol. The molecule has 5 heteroatoms. The van der Waals surface area contributed by atoms with E-state index in [0.717, 1.165) is 19.5 Å². The van der Waals surface area contributed by atoms with Crippen LogP contribution < -0.4 is 11.1 Å². The average molecular weight is 296 g/mol. The molecule has 2 rings (SSSR count). The van der Waals surface area contributed by atoms with Gasteiger partial charge >= 0.3 is 0 Å². The molecule has 1 aromatic rings. The minimum Gasteiger partial charge on any atom is -0.397 e. The lowest BCUT2D eigenvalue weighted by Crippen LogP contribution is -2.30. The molecular formula is C15H22ClN3O. The quantitative estimate of drug-likeness (QED) is 0.760. The number of nitrogens with zero attached hydrogens (tertiary/aromatic N) is 1. The molecule has 1 saturated carbocycles. The first kappa shape index (κ1) is 15.1. The Bertz CT molecular complexity index is 474. The van der Waals surface area contributed by atoms with Gasteiger partial charge in [-0.05, 0) is 44.0 Å². The minimum absolute atomic E-state index is 0.0217. The number of anilines is 2. The van der Waals surface area contributed by atoms with E-state index in [1.165, 1.54) is 12.8 Å². The lowest BCUT2D eigenvalue weighted by molar-refractivity contribution is -0.116. The Morgan fingerprint density at radius 2 is 2.20 bits per heavy atom. The van der Waals surface area contributed by atoms with Crippen LogP contribution in [0, 0.1) is 0 Å². The molecule has 1 amide bonds. The monoisotopic (exact) mass is 295 g/mol. The van der Waals surface area contributed by atoms with Crippen LogP contribution in [0.5, 0.6) is 0 Å². The Labute approximate surface area is 125 Å². The summed E-state index contributed by atoms with van der Waals surface area (Å²) in [5.74, 6) is 0.0217. The number of benzene rings is 1. The lowest BCUT2D eigenvalue weighted by atomic mass is 10.2. The molecule has 0 radical (unpaired) electrons. The average Bonchev–Trinajstić information content (AvgIpc) is 3.23. The van der Waals surface area contributed by atoms with Crippen molar-refractivity contribution in [3.8, 4) is 0 Å². The molecule has 0 heterocycles. The van der Waals surface area contributed by atoms with Crippen molar-refractivity contribution in [3.63, 3.8) is 0 Å². The van der Waals surface area contributed by atoms with Crippen LogP contribution in [0.25, 0.3) is 0 Å². The summed E-state index contributed by atoms with van der Waals surface area (Å²) >= 11 is 5.85. The van der Waals surface area contributed by atoms with Gasteiger partial charge < -0.3 is 11.1 Å². The number of hydrogen-bond donors (Lipinski definition) is 2. The predicted octanol–water partition coefficient (Wildman–Crippen LogP) is 3.13. The van der Waals surface area contributed by atoms with E-state index < -0.39 is 0 Å². The largest absolute Gasteiger partial charge is 0.397 e. The number of rotatable bonds is 7. The standard InChI is InChI=1S/C15H22ClN3O/c1-2-8-19(12-4-5-12)9-7-15(20)18-11-3-6-13(16)14(17)10-11/h3,6,10,12H,2,4-5,7-9,17H2,1H3,(H,18,20). The van der Waals surface area contributed by atoms with E-state index in [1.54, 1.807) is 18.2 Å². The summed E-state index contributed by atoms with van der Waals surface area (Å²) in [6, 6.07) is 5.85. The van der Waals surface area contributed by atoms with Crippen LogP contribution in [0.15, 0.2) is 18.2 Å². The third kappa shape index (κ3) is 4.39. The molecule has 0 bridgehead atoms. The molecule has 110 valence electrons. The van der Waals surface area contributed by atoms with E-state index in [1.807, 2.05) is 0 Å². The second-order valence-corrected chi connectivity index (χ2v) is 5.71. The second-order valence-electron chi connectivity index (χ2n) is 5.30. The zero-order valence-corrected chi connectivity index (χ0v) is 12.6. The molecule has 1 aliphatic rings. The third-order valence-electron chi connectivity index (χ3n) is 3.48. The van der Waals surface area contributed by atoms with Crippen molar-refractivity contribution in [2.75, 3.05) is 24.1 Å². The summed E-state index contributed by atoms with van der Waals surface area (Å²) in [5.41, 5.74) is 6.90. The van der Waals surface area contributed by atoms with Crippen molar-refractivity contribution >= 4 is 28.9 Å². The number of nitrogen functional groups attached to an aromatic ring is 1. The molecule has 1 aromatic carbocycles. The van der Waals surface area contributed by atoms with Crippen molar-refractivity contribution in [3.05, 3.63) is 23.2 Å². The third-order valence-corrected chi connectivity index (χ3v) is 3.82. The van der Waals surface area contributed by atoms with Crippen molar-refractivity contribution in [1.82, 2.24) is 4.90 Å². The summed E-state index contributed by atoms with van der Waals surface area (Å²) in [4.78, 5) is 14.4. The van der Waals surface area contributed by atoms with Gasteiger partial charge in [-0.1, -0.05) is 18.5 Å². The van der Waals surface area contributed by atoms with E-state index in [4.69, 9.17) is 17.3 Å². The van der Waals surface area contributed by atoms with E-state index in [-0.39, 0.29) is 5.91 Å². The van der Waals surface area contributed by atoms with Crippen LogP contribution in [0.3, 0.4) is 0 Å². The number of amides is 1. The maximum Gasteiger partial charge on any atom is 0.225 e. The molecular weight excluding hydrogens is 274 g/mol. The topological polar surface area (TPSA) is 58.4 Å². The Morgan fingerprint density at radius 1 is 1.45 bits per heavy atom. The van der Waals surface area contributed by atoms with Gasteiger partial charge in [0, 0.05) is 24.7 Å². The highest BCUT2D eigenvalue weighted by Crippen LogP contribution is 2.27. The summed E-state index contributed by atoms with van der Waals surface area (Å²) < 4.78 is 0.